The molecule has 5 heteroatoms. The number of methoxy groups -OCH3 is 1. The van der Waals surface area contributed by atoms with Gasteiger partial charge in [-0.15, -0.1) is 0 Å². The zero-order chi connectivity index (χ0) is 20.1. The normalized spacial score (nSPS) is 17.5. The molecule has 0 radical (unpaired) electrons. The molecule has 2 heterocycles. The molecule has 2 aromatic rings. The summed E-state index contributed by atoms with van der Waals surface area (Å²) in [5.41, 5.74) is 4.05. The van der Waals surface area contributed by atoms with Crippen LogP contribution in [0.3, 0.4) is 0 Å². The number of carbonyl (C=O) groups excluding carboxylic acids is 1. The van der Waals surface area contributed by atoms with E-state index in [1.54, 1.807) is 7.11 Å². The smallest absolute Gasteiger partial charge is 0.270 e. The Kier molecular flexibility index (Phi) is 6.79. The number of nitrogens with zero attached hydrogens (tertiary/aromatic N) is 2. The maximum absolute atomic E-state index is 12.8. The fourth-order valence-electron chi connectivity index (χ4n) is 4.30. The van der Waals surface area contributed by atoms with Gasteiger partial charge in [-0.2, -0.15) is 0 Å². The van der Waals surface area contributed by atoms with Crippen LogP contribution in [0.1, 0.15) is 40.2 Å². The summed E-state index contributed by atoms with van der Waals surface area (Å²) >= 11 is 0. The Morgan fingerprint density at radius 3 is 2.82 bits per heavy atom. The summed E-state index contributed by atoms with van der Waals surface area (Å²) in [5.74, 6) is 1.59. The van der Waals surface area contributed by atoms with Gasteiger partial charge in [-0.25, -0.2) is 0 Å². The van der Waals surface area contributed by atoms with Gasteiger partial charge in [0.05, 0.1) is 7.11 Å². The van der Waals surface area contributed by atoms with Crippen molar-refractivity contribution in [3.63, 3.8) is 0 Å². The summed E-state index contributed by atoms with van der Waals surface area (Å²) in [6, 6.07) is 10.3. The lowest BCUT2D eigenvalue weighted by Crippen LogP contribution is -2.42. The summed E-state index contributed by atoms with van der Waals surface area (Å²) in [7, 11) is 3.65. The predicted molar refractivity (Wildman–Crippen MR) is 113 cm³/mol. The van der Waals surface area contributed by atoms with E-state index in [4.69, 9.17) is 4.74 Å². The van der Waals surface area contributed by atoms with Crippen LogP contribution in [0, 0.1) is 19.8 Å². The van der Waals surface area contributed by atoms with Gasteiger partial charge in [0.25, 0.3) is 5.91 Å². The van der Waals surface area contributed by atoms with E-state index in [0.717, 1.165) is 55.3 Å². The van der Waals surface area contributed by atoms with E-state index in [1.165, 1.54) is 18.4 Å². The number of nitrogens with one attached hydrogen (secondary N) is 1. The number of benzene rings is 1. The number of carbonyl (C=O) groups is 1. The Hall–Kier alpha value is -2.27. The molecule has 0 spiro atoms. The number of likely N-dealkylation sites (tertiary alicyclic amines) is 1. The van der Waals surface area contributed by atoms with Gasteiger partial charge in [-0.3, -0.25) is 4.79 Å². The van der Waals surface area contributed by atoms with Gasteiger partial charge in [-0.1, -0.05) is 18.2 Å². The summed E-state index contributed by atoms with van der Waals surface area (Å²) in [4.78, 5) is 20.4. The Morgan fingerprint density at radius 2 is 2.11 bits per heavy atom. The number of ether oxygens (including phenoxy) is 1. The minimum Gasteiger partial charge on any atom is -0.496 e. The van der Waals surface area contributed by atoms with Gasteiger partial charge in [-0.05, 0) is 68.8 Å². The summed E-state index contributed by atoms with van der Waals surface area (Å²) in [6.07, 6.45) is 3.37. The minimum absolute atomic E-state index is 0.0942. The van der Waals surface area contributed by atoms with Gasteiger partial charge in [0.1, 0.15) is 11.4 Å². The zero-order valence-electron chi connectivity index (χ0n) is 17.6. The van der Waals surface area contributed by atoms with Crippen molar-refractivity contribution in [2.24, 2.45) is 5.92 Å². The number of rotatable bonds is 7. The molecule has 3 rings (SSSR count). The lowest BCUT2D eigenvalue weighted by atomic mass is 9.97. The summed E-state index contributed by atoms with van der Waals surface area (Å²) < 4.78 is 5.47. The Balaban J connectivity index is 1.53. The molecule has 28 heavy (non-hydrogen) atoms. The molecular weight excluding hydrogens is 350 g/mol. The lowest BCUT2D eigenvalue weighted by Gasteiger charge is -2.34. The largest absolute Gasteiger partial charge is 0.496 e. The number of H-pyrrole nitrogens is 1. The third-order valence-corrected chi connectivity index (χ3v) is 5.74. The predicted octanol–water partition coefficient (Wildman–Crippen LogP) is 3.67. The third kappa shape index (κ3) is 4.96. The standard InChI is InChI=1S/C23H33N3O2/c1-17-14-18(2)24-22(17)23(27)25(3)15-19-8-7-12-26(16-19)13-11-20-9-5-6-10-21(20)28-4/h5-6,9-10,14,19,24H,7-8,11-13,15-16H2,1-4H3/t19-/m0/s1. The monoisotopic (exact) mass is 383 g/mol. The second kappa shape index (κ2) is 9.28. The van der Waals surface area contributed by atoms with Crippen molar-refractivity contribution in [1.82, 2.24) is 14.8 Å². The van der Waals surface area contributed by atoms with Crippen molar-refractivity contribution in [3.8, 4) is 5.75 Å². The van der Waals surface area contributed by atoms with Crippen LogP contribution in [0.4, 0.5) is 0 Å². The molecule has 1 saturated heterocycles. The van der Waals surface area contributed by atoms with Gasteiger partial charge < -0.3 is 19.5 Å². The summed E-state index contributed by atoms with van der Waals surface area (Å²) in [5, 5.41) is 0. The topological polar surface area (TPSA) is 48.6 Å². The maximum atomic E-state index is 12.8. The number of aryl methyl sites for hydroxylation is 2. The molecule has 1 aliphatic heterocycles. The molecule has 0 saturated carbocycles. The van der Waals surface area contributed by atoms with E-state index in [2.05, 4.69) is 22.0 Å². The maximum Gasteiger partial charge on any atom is 0.270 e. The molecule has 0 bridgehead atoms. The van der Waals surface area contributed by atoms with Crippen LogP contribution in [0.25, 0.3) is 0 Å². The highest BCUT2D eigenvalue weighted by molar-refractivity contribution is 5.93. The second-order valence-corrected chi connectivity index (χ2v) is 8.07. The number of aromatic nitrogens is 1. The molecule has 0 unspecified atom stereocenters. The average molecular weight is 384 g/mol. The van der Waals surface area contributed by atoms with E-state index in [-0.39, 0.29) is 5.91 Å². The number of hydrogen-bond acceptors (Lipinski definition) is 3. The fraction of sp³-hybridized carbons (Fsp3) is 0.522. The van der Waals surface area contributed by atoms with Crippen molar-refractivity contribution in [1.29, 1.82) is 0 Å². The van der Waals surface area contributed by atoms with Crippen LogP contribution in [-0.4, -0.2) is 61.0 Å². The van der Waals surface area contributed by atoms with Crippen LogP contribution in [0.5, 0.6) is 5.75 Å². The highest BCUT2D eigenvalue weighted by atomic mass is 16.5. The molecule has 1 atom stereocenters. The highest BCUT2D eigenvalue weighted by Gasteiger charge is 2.24. The number of para-hydroxylation sites is 1. The second-order valence-electron chi connectivity index (χ2n) is 8.07. The molecular formula is C23H33N3O2. The van der Waals surface area contributed by atoms with Gasteiger partial charge >= 0.3 is 0 Å². The molecule has 1 N–H and O–H groups in total. The fourth-order valence-corrected chi connectivity index (χ4v) is 4.30. The number of hydrogen-bond donors (Lipinski definition) is 1. The van der Waals surface area contributed by atoms with Crippen molar-refractivity contribution in [2.75, 3.05) is 40.3 Å². The van der Waals surface area contributed by atoms with Crippen LogP contribution in [0.15, 0.2) is 30.3 Å². The number of amides is 1. The molecule has 152 valence electrons. The van der Waals surface area contributed by atoms with E-state index >= 15 is 0 Å². The van der Waals surface area contributed by atoms with Crippen molar-refractivity contribution >= 4 is 5.91 Å². The van der Waals surface area contributed by atoms with Crippen molar-refractivity contribution in [3.05, 3.63) is 52.8 Å². The van der Waals surface area contributed by atoms with E-state index < -0.39 is 0 Å². The van der Waals surface area contributed by atoms with E-state index in [9.17, 15) is 4.79 Å². The highest BCUT2D eigenvalue weighted by Crippen LogP contribution is 2.22. The molecule has 1 aliphatic rings. The Morgan fingerprint density at radius 1 is 1.32 bits per heavy atom. The zero-order valence-corrected chi connectivity index (χ0v) is 17.6. The third-order valence-electron chi connectivity index (χ3n) is 5.74. The van der Waals surface area contributed by atoms with E-state index in [0.29, 0.717) is 5.92 Å². The molecule has 0 aliphatic carbocycles. The van der Waals surface area contributed by atoms with Crippen LogP contribution >= 0.6 is 0 Å². The van der Waals surface area contributed by atoms with E-state index in [1.807, 2.05) is 44.0 Å². The molecule has 1 fully saturated rings. The average Bonchev–Trinajstić information content (AvgIpc) is 3.04. The SMILES string of the molecule is COc1ccccc1CCN1CCC[C@@H](CN(C)C(=O)c2[nH]c(C)cc2C)C1. The quantitative estimate of drug-likeness (QED) is 0.794. The first-order valence-corrected chi connectivity index (χ1v) is 10.2. The van der Waals surface area contributed by atoms with Crippen molar-refractivity contribution in [2.45, 2.75) is 33.1 Å². The first-order chi connectivity index (χ1) is 13.5. The van der Waals surface area contributed by atoms with Crippen molar-refractivity contribution < 1.29 is 9.53 Å². The first-order valence-electron chi connectivity index (χ1n) is 10.2. The van der Waals surface area contributed by atoms with Gasteiger partial charge in [0.15, 0.2) is 0 Å². The number of aromatic amines is 1. The Bertz CT molecular complexity index is 799. The molecule has 1 aromatic heterocycles. The van der Waals surface area contributed by atoms with Crippen LogP contribution < -0.4 is 4.74 Å². The van der Waals surface area contributed by atoms with Crippen LogP contribution in [-0.2, 0) is 6.42 Å². The molecule has 1 aromatic carbocycles. The molecule has 5 nitrogen and oxygen atoms in total. The lowest BCUT2D eigenvalue weighted by molar-refractivity contribution is 0.0724. The Labute approximate surface area is 168 Å². The summed E-state index contributed by atoms with van der Waals surface area (Å²) in [6.45, 7) is 8.01. The van der Waals surface area contributed by atoms with Gasteiger partial charge in [0.2, 0.25) is 0 Å². The van der Waals surface area contributed by atoms with Crippen LogP contribution in [0.2, 0.25) is 0 Å². The van der Waals surface area contributed by atoms with Gasteiger partial charge in [0, 0.05) is 32.4 Å². The number of piperidine rings is 1. The molecule has 1 amide bonds. The minimum atomic E-state index is 0.0942. The first kappa shape index (κ1) is 20.5.